The Labute approximate surface area is 72.3 Å². The fraction of sp³-hybridized carbons (Fsp3) is 0.200. The number of benzene rings is 1. The van der Waals surface area contributed by atoms with Gasteiger partial charge in [-0.05, 0) is 30.2 Å². The molecule has 12 heavy (non-hydrogen) atoms. The molecule has 0 aliphatic rings. The number of aliphatic hydroxyl groups excluding tert-OH is 1. The van der Waals surface area contributed by atoms with Gasteiger partial charge in [0.2, 0.25) is 0 Å². The molecule has 0 fully saturated rings. The summed E-state index contributed by atoms with van der Waals surface area (Å²) in [6, 6.07) is 5.71. The number of rotatable bonds is 2. The van der Waals surface area contributed by atoms with E-state index in [9.17, 15) is 0 Å². The Morgan fingerprint density at radius 1 is 1.50 bits per heavy atom. The van der Waals surface area contributed by atoms with E-state index in [1.807, 2.05) is 25.1 Å². The summed E-state index contributed by atoms with van der Waals surface area (Å²) in [6.07, 6.45) is 0. The quantitative estimate of drug-likeness (QED) is 0.692. The molecular weight excluding hydrogens is 150 g/mol. The van der Waals surface area contributed by atoms with Gasteiger partial charge in [-0.2, -0.15) is 0 Å². The maximum absolute atomic E-state index is 8.90. The van der Waals surface area contributed by atoms with Crippen molar-refractivity contribution in [3.63, 3.8) is 0 Å². The van der Waals surface area contributed by atoms with Crippen molar-refractivity contribution < 1.29 is 5.11 Å². The van der Waals surface area contributed by atoms with E-state index in [-0.39, 0.29) is 6.61 Å². The van der Waals surface area contributed by atoms with Crippen LogP contribution in [-0.4, -0.2) is 5.11 Å². The molecule has 1 rings (SSSR count). The van der Waals surface area contributed by atoms with Crippen LogP contribution in [0.2, 0.25) is 0 Å². The van der Waals surface area contributed by atoms with Crippen LogP contribution in [0.1, 0.15) is 16.7 Å². The standard InChI is InChI=1S/C10H13NO/c1-7-3-9(6-12)5-10(4-7)8(2)11/h3-5,12H,2,6,11H2,1H3. The third kappa shape index (κ3) is 1.86. The molecule has 0 aromatic heterocycles. The van der Waals surface area contributed by atoms with E-state index in [0.717, 1.165) is 16.7 Å². The van der Waals surface area contributed by atoms with Crippen molar-refractivity contribution >= 4 is 5.70 Å². The number of hydrogen-bond acceptors (Lipinski definition) is 2. The van der Waals surface area contributed by atoms with E-state index in [0.29, 0.717) is 5.70 Å². The van der Waals surface area contributed by atoms with Crippen molar-refractivity contribution in [2.75, 3.05) is 0 Å². The molecule has 0 saturated heterocycles. The topological polar surface area (TPSA) is 46.2 Å². The predicted molar refractivity (Wildman–Crippen MR) is 50.3 cm³/mol. The van der Waals surface area contributed by atoms with Crippen molar-refractivity contribution in [3.8, 4) is 0 Å². The molecule has 0 bridgehead atoms. The summed E-state index contributed by atoms with van der Waals surface area (Å²) in [5, 5.41) is 8.90. The second kappa shape index (κ2) is 3.41. The molecule has 1 aromatic rings. The van der Waals surface area contributed by atoms with Gasteiger partial charge in [0.05, 0.1) is 6.61 Å². The lowest BCUT2D eigenvalue weighted by atomic mass is 10.1. The fourth-order valence-corrected chi connectivity index (χ4v) is 1.14. The van der Waals surface area contributed by atoms with E-state index >= 15 is 0 Å². The summed E-state index contributed by atoms with van der Waals surface area (Å²) in [7, 11) is 0. The number of aryl methyl sites for hydroxylation is 1. The lowest BCUT2D eigenvalue weighted by Crippen LogP contribution is -1.96. The maximum Gasteiger partial charge on any atom is 0.0682 e. The highest BCUT2D eigenvalue weighted by Gasteiger charge is 1.98. The van der Waals surface area contributed by atoms with E-state index in [1.54, 1.807) is 0 Å². The van der Waals surface area contributed by atoms with Crippen molar-refractivity contribution in [3.05, 3.63) is 41.5 Å². The Morgan fingerprint density at radius 2 is 2.17 bits per heavy atom. The van der Waals surface area contributed by atoms with Gasteiger partial charge in [-0.25, -0.2) is 0 Å². The van der Waals surface area contributed by atoms with Crippen LogP contribution in [0.25, 0.3) is 5.70 Å². The molecular formula is C10H13NO. The van der Waals surface area contributed by atoms with Crippen LogP contribution in [0.15, 0.2) is 24.8 Å². The smallest absolute Gasteiger partial charge is 0.0682 e. The van der Waals surface area contributed by atoms with Crippen LogP contribution in [0.4, 0.5) is 0 Å². The molecule has 0 heterocycles. The first kappa shape index (κ1) is 8.81. The molecule has 0 amide bonds. The van der Waals surface area contributed by atoms with Crippen LogP contribution in [0.3, 0.4) is 0 Å². The third-order valence-corrected chi connectivity index (χ3v) is 1.69. The molecule has 0 aliphatic carbocycles. The second-order valence-electron chi connectivity index (χ2n) is 2.89. The van der Waals surface area contributed by atoms with Gasteiger partial charge in [-0.1, -0.05) is 18.2 Å². The summed E-state index contributed by atoms with van der Waals surface area (Å²) in [5.74, 6) is 0. The average Bonchev–Trinajstić information content (AvgIpc) is 2.03. The molecule has 0 atom stereocenters. The summed E-state index contributed by atoms with van der Waals surface area (Å²) >= 11 is 0. The Hall–Kier alpha value is -1.28. The second-order valence-corrected chi connectivity index (χ2v) is 2.89. The molecule has 0 saturated carbocycles. The molecule has 0 radical (unpaired) electrons. The minimum atomic E-state index is 0.0436. The summed E-state index contributed by atoms with van der Waals surface area (Å²) in [5.41, 5.74) is 8.91. The van der Waals surface area contributed by atoms with Crippen molar-refractivity contribution in [1.82, 2.24) is 0 Å². The van der Waals surface area contributed by atoms with Gasteiger partial charge < -0.3 is 10.8 Å². The molecule has 2 nitrogen and oxygen atoms in total. The summed E-state index contributed by atoms with van der Waals surface area (Å²) in [4.78, 5) is 0. The summed E-state index contributed by atoms with van der Waals surface area (Å²) in [6.45, 7) is 5.65. The van der Waals surface area contributed by atoms with Crippen molar-refractivity contribution in [2.45, 2.75) is 13.5 Å². The van der Waals surface area contributed by atoms with Crippen LogP contribution in [0, 0.1) is 6.92 Å². The Kier molecular flexibility index (Phi) is 2.51. The van der Waals surface area contributed by atoms with E-state index in [1.165, 1.54) is 0 Å². The molecule has 0 unspecified atom stereocenters. The molecule has 2 heteroatoms. The van der Waals surface area contributed by atoms with Crippen LogP contribution < -0.4 is 5.73 Å². The normalized spacial score (nSPS) is 9.83. The largest absolute Gasteiger partial charge is 0.399 e. The van der Waals surface area contributed by atoms with Crippen molar-refractivity contribution in [2.24, 2.45) is 5.73 Å². The lowest BCUT2D eigenvalue weighted by molar-refractivity contribution is 0.281. The zero-order chi connectivity index (χ0) is 9.14. The highest BCUT2D eigenvalue weighted by molar-refractivity contribution is 5.61. The first-order valence-corrected chi connectivity index (χ1v) is 3.79. The zero-order valence-corrected chi connectivity index (χ0v) is 7.17. The van der Waals surface area contributed by atoms with E-state index in [2.05, 4.69) is 6.58 Å². The van der Waals surface area contributed by atoms with Crippen LogP contribution in [-0.2, 0) is 6.61 Å². The minimum absolute atomic E-state index is 0.0436. The Bertz CT molecular complexity index is 305. The number of aliphatic hydroxyl groups is 1. The maximum atomic E-state index is 8.90. The molecule has 1 aromatic carbocycles. The highest BCUT2D eigenvalue weighted by atomic mass is 16.3. The van der Waals surface area contributed by atoms with Crippen molar-refractivity contribution in [1.29, 1.82) is 0 Å². The monoisotopic (exact) mass is 163 g/mol. The van der Waals surface area contributed by atoms with E-state index in [4.69, 9.17) is 10.8 Å². The minimum Gasteiger partial charge on any atom is -0.399 e. The fourth-order valence-electron chi connectivity index (χ4n) is 1.14. The lowest BCUT2D eigenvalue weighted by Gasteiger charge is -2.04. The SMILES string of the molecule is C=C(N)c1cc(C)cc(CO)c1. The Morgan fingerprint density at radius 3 is 2.67 bits per heavy atom. The number of nitrogens with two attached hydrogens (primary N) is 1. The predicted octanol–water partition coefficient (Wildman–Crippen LogP) is 1.42. The molecule has 64 valence electrons. The van der Waals surface area contributed by atoms with Gasteiger partial charge in [-0.3, -0.25) is 0 Å². The first-order valence-electron chi connectivity index (χ1n) is 3.79. The average molecular weight is 163 g/mol. The van der Waals surface area contributed by atoms with Gasteiger partial charge in [0, 0.05) is 5.70 Å². The van der Waals surface area contributed by atoms with Gasteiger partial charge in [0.15, 0.2) is 0 Å². The van der Waals surface area contributed by atoms with Gasteiger partial charge in [0.25, 0.3) is 0 Å². The van der Waals surface area contributed by atoms with Gasteiger partial charge in [0.1, 0.15) is 0 Å². The molecule has 0 aliphatic heterocycles. The third-order valence-electron chi connectivity index (χ3n) is 1.69. The van der Waals surface area contributed by atoms with E-state index < -0.39 is 0 Å². The number of hydrogen-bond donors (Lipinski definition) is 2. The van der Waals surface area contributed by atoms with Gasteiger partial charge in [-0.15, -0.1) is 0 Å². The zero-order valence-electron chi connectivity index (χ0n) is 7.17. The van der Waals surface area contributed by atoms with Crippen LogP contribution >= 0.6 is 0 Å². The van der Waals surface area contributed by atoms with Gasteiger partial charge >= 0.3 is 0 Å². The molecule has 3 N–H and O–H groups in total. The van der Waals surface area contributed by atoms with Crippen LogP contribution in [0.5, 0.6) is 0 Å². The molecule has 0 spiro atoms. The Balaban J connectivity index is 3.15. The highest BCUT2D eigenvalue weighted by Crippen LogP contribution is 2.13. The first-order chi connectivity index (χ1) is 5.63. The summed E-state index contributed by atoms with van der Waals surface area (Å²) < 4.78 is 0.